The molecule has 2 fully saturated rings. The summed E-state index contributed by atoms with van der Waals surface area (Å²) in [5.41, 5.74) is 4.04. The SMILES string of the molecule is CCNC(=NCC(O)COCC1CC1)N1CCN(c2cccc(C)c2C)CC1. The van der Waals surface area contributed by atoms with E-state index < -0.39 is 6.10 Å². The van der Waals surface area contributed by atoms with Crippen LogP contribution in [0.25, 0.3) is 0 Å². The molecule has 1 aromatic carbocycles. The van der Waals surface area contributed by atoms with Crippen LogP contribution in [-0.2, 0) is 4.74 Å². The fourth-order valence-electron chi connectivity index (χ4n) is 3.56. The molecule has 1 heterocycles. The van der Waals surface area contributed by atoms with Crippen molar-refractivity contribution >= 4 is 11.6 Å². The summed E-state index contributed by atoms with van der Waals surface area (Å²) in [6, 6.07) is 6.53. The summed E-state index contributed by atoms with van der Waals surface area (Å²) in [7, 11) is 0. The highest BCUT2D eigenvalue weighted by Crippen LogP contribution is 2.28. The van der Waals surface area contributed by atoms with Crippen LogP contribution in [0.2, 0.25) is 0 Å². The Morgan fingerprint density at radius 2 is 2.00 bits per heavy atom. The molecule has 28 heavy (non-hydrogen) atoms. The molecule has 1 saturated carbocycles. The highest BCUT2D eigenvalue weighted by Gasteiger charge is 2.23. The van der Waals surface area contributed by atoms with Crippen LogP contribution in [-0.4, -0.2) is 74.6 Å². The summed E-state index contributed by atoms with van der Waals surface area (Å²) in [6.07, 6.45) is 2.00. The van der Waals surface area contributed by atoms with E-state index in [0.29, 0.717) is 13.2 Å². The maximum atomic E-state index is 10.2. The van der Waals surface area contributed by atoms with Crippen molar-refractivity contribution in [3.63, 3.8) is 0 Å². The number of rotatable bonds is 8. The smallest absolute Gasteiger partial charge is 0.194 e. The number of ether oxygens (including phenoxy) is 1. The molecule has 0 amide bonds. The van der Waals surface area contributed by atoms with Gasteiger partial charge in [-0.05, 0) is 56.7 Å². The highest BCUT2D eigenvalue weighted by atomic mass is 16.5. The van der Waals surface area contributed by atoms with Gasteiger partial charge in [-0.15, -0.1) is 0 Å². The van der Waals surface area contributed by atoms with Gasteiger partial charge in [0.2, 0.25) is 0 Å². The van der Waals surface area contributed by atoms with Crippen LogP contribution in [0.3, 0.4) is 0 Å². The summed E-state index contributed by atoms with van der Waals surface area (Å²) >= 11 is 0. The maximum absolute atomic E-state index is 10.2. The quantitative estimate of drug-likeness (QED) is 0.528. The fraction of sp³-hybridized carbons (Fsp3) is 0.682. The Balaban J connectivity index is 1.50. The second-order valence-electron chi connectivity index (χ2n) is 8.02. The van der Waals surface area contributed by atoms with E-state index in [4.69, 9.17) is 4.74 Å². The molecule has 2 aliphatic rings. The topological polar surface area (TPSA) is 60.3 Å². The molecular weight excluding hydrogens is 352 g/mol. The maximum Gasteiger partial charge on any atom is 0.194 e. The first kappa shape index (κ1) is 20.9. The Bertz CT molecular complexity index is 652. The van der Waals surface area contributed by atoms with Crippen LogP contribution in [0.4, 0.5) is 5.69 Å². The third kappa shape index (κ3) is 5.85. The van der Waals surface area contributed by atoms with Crippen molar-refractivity contribution in [3.8, 4) is 0 Å². The van der Waals surface area contributed by atoms with Crippen molar-refractivity contribution in [2.75, 3.05) is 57.4 Å². The summed E-state index contributed by atoms with van der Waals surface area (Å²) in [5.74, 6) is 1.62. The van der Waals surface area contributed by atoms with Crippen LogP contribution in [0, 0.1) is 19.8 Å². The summed E-state index contributed by atoms with van der Waals surface area (Å²) in [6.45, 7) is 12.6. The Hall–Kier alpha value is -1.79. The molecule has 6 nitrogen and oxygen atoms in total. The molecule has 2 N–H and O–H groups in total. The number of benzene rings is 1. The van der Waals surface area contributed by atoms with E-state index in [-0.39, 0.29) is 0 Å². The molecule has 6 heteroatoms. The minimum atomic E-state index is -0.538. The monoisotopic (exact) mass is 388 g/mol. The number of aliphatic hydroxyl groups is 1. The van der Waals surface area contributed by atoms with Crippen molar-refractivity contribution in [2.45, 2.75) is 39.7 Å². The van der Waals surface area contributed by atoms with Gasteiger partial charge < -0.3 is 25.0 Å². The Kier molecular flexibility index (Phi) is 7.57. The standard InChI is InChI=1S/C22H36N4O2/c1-4-23-22(24-14-20(27)16-28-15-19-8-9-19)26-12-10-25(11-13-26)21-7-5-6-17(2)18(21)3/h5-7,19-20,27H,4,8-16H2,1-3H3,(H,23,24). The molecular formula is C22H36N4O2. The lowest BCUT2D eigenvalue weighted by Gasteiger charge is -2.38. The first-order valence-corrected chi connectivity index (χ1v) is 10.7. The van der Waals surface area contributed by atoms with Gasteiger partial charge in [0.1, 0.15) is 0 Å². The summed E-state index contributed by atoms with van der Waals surface area (Å²) in [4.78, 5) is 9.42. The number of hydrogen-bond acceptors (Lipinski definition) is 4. The number of aryl methyl sites for hydroxylation is 1. The zero-order chi connectivity index (χ0) is 19.9. The van der Waals surface area contributed by atoms with E-state index in [1.165, 1.54) is 29.7 Å². The number of nitrogens with one attached hydrogen (secondary N) is 1. The van der Waals surface area contributed by atoms with E-state index in [1.54, 1.807) is 0 Å². The predicted octanol–water partition coefficient (Wildman–Crippen LogP) is 2.18. The lowest BCUT2D eigenvalue weighted by Crippen LogP contribution is -2.53. The Labute approximate surface area is 169 Å². The molecule has 1 aromatic rings. The van der Waals surface area contributed by atoms with Crippen LogP contribution >= 0.6 is 0 Å². The third-order valence-corrected chi connectivity index (χ3v) is 5.64. The number of aliphatic hydroxyl groups excluding tert-OH is 1. The zero-order valence-electron chi connectivity index (χ0n) is 17.7. The zero-order valence-corrected chi connectivity index (χ0v) is 17.7. The normalized spacial score (nSPS) is 19.1. The average Bonchev–Trinajstić information content (AvgIpc) is 3.52. The van der Waals surface area contributed by atoms with Crippen molar-refractivity contribution in [1.29, 1.82) is 0 Å². The Morgan fingerprint density at radius 3 is 2.68 bits per heavy atom. The van der Waals surface area contributed by atoms with Crippen molar-refractivity contribution < 1.29 is 9.84 Å². The van der Waals surface area contributed by atoms with Crippen LogP contribution in [0.5, 0.6) is 0 Å². The van der Waals surface area contributed by atoms with E-state index in [1.807, 2.05) is 0 Å². The lowest BCUT2D eigenvalue weighted by atomic mass is 10.1. The summed E-state index contributed by atoms with van der Waals surface area (Å²) in [5, 5.41) is 13.5. The van der Waals surface area contributed by atoms with Gasteiger partial charge in [-0.3, -0.25) is 4.99 Å². The molecule has 0 spiro atoms. The number of guanidine groups is 1. The van der Waals surface area contributed by atoms with Crippen molar-refractivity contribution in [1.82, 2.24) is 10.2 Å². The van der Waals surface area contributed by atoms with Crippen molar-refractivity contribution in [2.24, 2.45) is 10.9 Å². The molecule has 156 valence electrons. The first-order valence-electron chi connectivity index (χ1n) is 10.7. The third-order valence-electron chi connectivity index (χ3n) is 5.64. The second-order valence-corrected chi connectivity index (χ2v) is 8.02. The molecule has 1 saturated heterocycles. The lowest BCUT2D eigenvalue weighted by molar-refractivity contribution is 0.0367. The predicted molar refractivity (Wildman–Crippen MR) is 115 cm³/mol. The van der Waals surface area contributed by atoms with E-state index in [0.717, 1.165) is 51.2 Å². The van der Waals surface area contributed by atoms with Gasteiger partial charge in [-0.25, -0.2) is 0 Å². The molecule has 0 bridgehead atoms. The van der Waals surface area contributed by atoms with E-state index in [9.17, 15) is 5.11 Å². The largest absolute Gasteiger partial charge is 0.389 e. The minimum Gasteiger partial charge on any atom is -0.389 e. The average molecular weight is 389 g/mol. The van der Waals surface area contributed by atoms with Gasteiger partial charge in [0.15, 0.2) is 5.96 Å². The molecule has 1 aliphatic carbocycles. The van der Waals surface area contributed by atoms with Crippen LogP contribution < -0.4 is 10.2 Å². The number of nitrogens with zero attached hydrogens (tertiary/aromatic N) is 3. The van der Waals surface area contributed by atoms with Crippen LogP contribution in [0.15, 0.2) is 23.2 Å². The second kappa shape index (κ2) is 10.1. The molecule has 0 aromatic heterocycles. The van der Waals surface area contributed by atoms with Gasteiger partial charge in [-0.1, -0.05) is 12.1 Å². The molecule has 1 aliphatic heterocycles. The number of piperazine rings is 1. The minimum absolute atomic E-state index is 0.375. The molecule has 0 radical (unpaired) electrons. The molecule has 1 unspecified atom stereocenters. The van der Waals surface area contributed by atoms with Gasteiger partial charge in [0, 0.05) is 45.0 Å². The number of anilines is 1. The fourth-order valence-corrected chi connectivity index (χ4v) is 3.56. The Morgan fingerprint density at radius 1 is 1.25 bits per heavy atom. The highest BCUT2D eigenvalue weighted by molar-refractivity contribution is 5.80. The molecule has 1 atom stereocenters. The number of hydrogen-bond donors (Lipinski definition) is 2. The van der Waals surface area contributed by atoms with E-state index >= 15 is 0 Å². The van der Waals surface area contributed by atoms with Gasteiger partial charge in [0.05, 0.1) is 19.3 Å². The van der Waals surface area contributed by atoms with Gasteiger partial charge >= 0.3 is 0 Å². The van der Waals surface area contributed by atoms with Gasteiger partial charge in [-0.2, -0.15) is 0 Å². The van der Waals surface area contributed by atoms with Crippen LogP contribution in [0.1, 0.15) is 30.9 Å². The molecule has 3 rings (SSSR count). The first-order chi connectivity index (χ1) is 13.6. The summed E-state index contributed by atoms with van der Waals surface area (Å²) < 4.78 is 5.58. The van der Waals surface area contributed by atoms with Gasteiger partial charge in [0.25, 0.3) is 0 Å². The van der Waals surface area contributed by atoms with E-state index in [2.05, 4.69) is 59.1 Å². The number of aliphatic imine (C=N–C) groups is 1. The van der Waals surface area contributed by atoms with Crippen molar-refractivity contribution in [3.05, 3.63) is 29.3 Å².